The molecule has 6 heteroatoms. The molecule has 0 aliphatic rings. The molecule has 1 heterocycles. The first-order chi connectivity index (χ1) is 7.86. The van der Waals surface area contributed by atoms with Gasteiger partial charge >= 0.3 is 0 Å². The molecule has 0 fully saturated rings. The molecule has 0 bridgehead atoms. The van der Waals surface area contributed by atoms with Crippen molar-refractivity contribution in [3.8, 4) is 0 Å². The summed E-state index contributed by atoms with van der Waals surface area (Å²) in [7, 11) is 2.93. The number of halogens is 1. The lowest BCUT2D eigenvalue weighted by Gasteiger charge is -2.32. The summed E-state index contributed by atoms with van der Waals surface area (Å²) in [5.41, 5.74) is -0.885. The van der Waals surface area contributed by atoms with E-state index in [1.165, 1.54) is 20.4 Å². The minimum absolute atomic E-state index is 0.0818. The lowest BCUT2D eigenvalue weighted by Crippen LogP contribution is -2.41. The molecule has 0 saturated carbocycles. The number of aliphatic hydroxyl groups is 1. The molecule has 0 aliphatic carbocycles. The normalized spacial score (nSPS) is 15.6. The molecule has 0 spiro atoms. The van der Waals surface area contributed by atoms with Gasteiger partial charge in [-0.15, -0.1) is 0 Å². The van der Waals surface area contributed by atoms with Crippen molar-refractivity contribution in [3.05, 3.63) is 16.9 Å². The van der Waals surface area contributed by atoms with Crippen LogP contribution >= 0.6 is 11.6 Å². The molecular formula is C11H19ClN2O3. The lowest BCUT2D eigenvalue weighted by molar-refractivity contribution is -0.215. The van der Waals surface area contributed by atoms with E-state index in [0.29, 0.717) is 10.7 Å². The Morgan fingerprint density at radius 3 is 2.35 bits per heavy atom. The van der Waals surface area contributed by atoms with Crippen LogP contribution in [0.2, 0.25) is 5.02 Å². The number of nitrogens with zero attached hydrogens (tertiary/aromatic N) is 2. The summed E-state index contributed by atoms with van der Waals surface area (Å²) in [6, 6.07) is 0.0818. The third kappa shape index (κ3) is 2.63. The van der Waals surface area contributed by atoms with Gasteiger partial charge in [-0.3, -0.25) is 4.68 Å². The molecule has 1 atom stereocenters. The highest BCUT2D eigenvalue weighted by Crippen LogP contribution is 2.33. The first kappa shape index (κ1) is 14.4. The number of hydrogen-bond acceptors (Lipinski definition) is 4. The fraction of sp³-hybridized carbons (Fsp3) is 0.727. The third-order valence-corrected chi connectivity index (χ3v) is 2.88. The molecule has 1 unspecified atom stereocenters. The van der Waals surface area contributed by atoms with Crippen molar-refractivity contribution < 1.29 is 14.6 Å². The molecule has 98 valence electrons. The fourth-order valence-corrected chi connectivity index (χ4v) is 2.19. The summed E-state index contributed by atoms with van der Waals surface area (Å²) in [5.74, 6) is 0. The van der Waals surface area contributed by atoms with Gasteiger partial charge in [0.15, 0.2) is 11.9 Å². The van der Waals surface area contributed by atoms with Crippen LogP contribution in [0, 0.1) is 0 Å². The summed E-state index contributed by atoms with van der Waals surface area (Å²) in [4.78, 5) is 0. The Balaban J connectivity index is 3.26. The molecule has 5 nitrogen and oxygen atoms in total. The van der Waals surface area contributed by atoms with E-state index in [1.807, 2.05) is 13.8 Å². The molecule has 0 aromatic carbocycles. The largest absolute Gasteiger partial charge is 0.378 e. The zero-order valence-corrected chi connectivity index (χ0v) is 11.5. The number of rotatable bonds is 5. The highest BCUT2D eigenvalue weighted by atomic mass is 35.5. The van der Waals surface area contributed by atoms with E-state index in [2.05, 4.69) is 5.10 Å². The smallest absolute Gasteiger partial charge is 0.191 e. The fourth-order valence-electron chi connectivity index (χ4n) is 1.87. The van der Waals surface area contributed by atoms with Crippen molar-refractivity contribution in [1.29, 1.82) is 0 Å². The SMILES string of the molecule is COC(OC)C(C)(O)c1c(Cl)cnn1C(C)C. The molecular weight excluding hydrogens is 244 g/mol. The van der Waals surface area contributed by atoms with E-state index in [0.717, 1.165) is 0 Å². The van der Waals surface area contributed by atoms with Crippen molar-refractivity contribution in [2.75, 3.05) is 14.2 Å². The van der Waals surface area contributed by atoms with E-state index in [-0.39, 0.29) is 6.04 Å². The van der Waals surface area contributed by atoms with Gasteiger partial charge < -0.3 is 14.6 Å². The van der Waals surface area contributed by atoms with Crippen molar-refractivity contribution in [1.82, 2.24) is 9.78 Å². The van der Waals surface area contributed by atoms with Crippen LogP contribution < -0.4 is 0 Å². The molecule has 1 aromatic heterocycles. The molecule has 1 rings (SSSR count). The van der Waals surface area contributed by atoms with Gasteiger partial charge in [-0.05, 0) is 20.8 Å². The second kappa shape index (κ2) is 5.35. The Kier molecular flexibility index (Phi) is 4.55. The second-order valence-electron chi connectivity index (χ2n) is 4.33. The van der Waals surface area contributed by atoms with E-state index >= 15 is 0 Å². The maximum absolute atomic E-state index is 10.5. The minimum atomic E-state index is -1.37. The number of methoxy groups -OCH3 is 2. The van der Waals surface area contributed by atoms with Crippen molar-refractivity contribution >= 4 is 11.6 Å². The second-order valence-corrected chi connectivity index (χ2v) is 4.74. The van der Waals surface area contributed by atoms with Crippen LogP contribution in [0.3, 0.4) is 0 Å². The molecule has 1 aromatic rings. The van der Waals surface area contributed by atoms with Crippen LogP contribution in [-0.4, -0.2) is 35.4 Å². The summed E-state index contributed by atoms with van der Waals surface area (Å²) in [5, 5.41) is 15.1. The van der Waals surface area contributed by atoms with Gasteiger partial charge in [-0.2, -0.15) is 5.10 Å². The number of ether oxygens (including phenoxy) is 2. The quantitative estimate of drug-likeness (QED) is 0.824. The average Bonchev–Trinajstić information content (AvgIpc) is 2.62. The van der Waals surface area contributed by atoms with Crippen LogP contribution in [-0.2, 0) is 15.1 Å². The molecule has 0 radical (unpaired) electrons. The van der Waals surface area contributed by atoms with Gasteiger partial charge in [-0.25, -0.2) is 0 Å². The Bertz CT molecular complexity index is 373. The topological polar surface area (TPSA) is 56.5 Å². The molecule has 1 N–H and O–H groups in total. The predicted molar refractivity (Wildman–Crippen MR) is 65.0 cm³/mol. The van der Waals surface area contributed by atoms with Gasteiger partial charge in [0.05, 0.1) is 16.9 Å². The van der Waals surface area contributed by atoms with Crippen LogP contribution in [0.4, 0.5) is 0 Å². The van der Waals surface area contributed by atoms with Crippen LogP contribution in [0.1, 0.15) is 32.5 Å². The first-order valence-electron chi connectivity index (χ1n) is 5.37. The zero-order valence-electron chi connectivity index (χ0n) is 10.8. The maximum atomic E-state index is 10.5. The Hall–Kier alpha value is -0.620. The Morgan fingerprint density at radius 2 is 1.94 bits per heavy atom. The lowest BCUT2D eigenvalue weighted by atomic mass is 10.0. The van der Waals surface area contributed by atoms with E-state index in [4.69, 9.17) is 21.1 Å². The van der Waals surface area contributed by atoms with Gasteiger partial charge in [0.2, 0.25) is 0 Å². The highest BCUT2D eigenvalue weighted by molar-refractivity contribution is 6.31. The Morgan fingerprint density at radius 1 is 1.41 bits per heavy atom. The molecule has 0 aliphatic heterocycles. The van der Waals surface area contributed by atoms with Gasteiger partial charge in [0, 0.05) is 20.3 Å². The van der Waals surface area contributed by atoms with Crippen molar-refractivity contribution in [2.24, 2.45) is 0 Å². The molecule has 0 amide bonds. The van der Waals surface area contributed by atoms with Crippen LogP contribution in [0.5, 0.6) is 0 Å². The molecule has 0 saturated heterocycles. The van der Waals surface area contributed by atoms with E-state index in [9.17, 15) is 5.11 Å². The monoisotopic (exact) mass is 262 g/mol. The maximum Gasteiger partial charge on any atom is 0.191 e. The van der Waals surface area contributed by atoms with Crippen molar-refractivity contribution in [2.45, 2.75) is 38.7 Å². The summed E-state index contributed by atoms with van der Waals surface area (Å²) in [6.07, 6.45) is 0.697. The summed E-state index contributed by atoms with van der Waals surface area (Å²) in [6.45, 7) is 5.50. The van der Waals surface area contributed by atoms with E-state index in [1.54, 1.807) is 11.6 Å². The minimum Gasteiger partial charge on any atom is -0.378 e. The number of hydrogen-bond donors (Lipinski definition) is 1. The summed E-state index contributed by atoms with van der Waals surface area (Å²) < 4.78 is 11.9. The third-order valence-electron chi connectivity index (χ3n) is 2.61. The Labute approximate surface area is 106 Å². The van der Waals surface area contributed by atoms with Gasteiger partial charge in [0.25, 0.3) is 0 Å². The highest BCUT2D eigenvalue weighted by Gasteiger charge is 2.39. The van der Waals surface area contributed by atoms with Crippen molar-refractivity contribution in [3.63, 3.8) is 0 Å². The number of aromatic nitrogens is 2. The van der Waals surface area contributed by atoms with Crippen LogP contribution in [0.25, 0.3) is 0 Å². The standard InChI is InChI=1S/C11H19ClN2O3/c1-7(2)14-9(8(12)6-13-14)11(3,15)10(16-4)17-5/h6-7,10,15H,1-5H3. The van der Waals surface area contributed by atoms with Crippen LogP contribution in [0.15, 0.2) is 6.20 Å². The van der Waals surface area contributed by atoms with Gasteiger partial charge in [0.1, 0.15) is 0 Å². The van der Waals surface area contributed by atoms with E-state index < -0.39 is 11.9 Å². The zero-order chi connectivity index (χ0) is 13.2. The average molecular weight is 263 g/mol. The molecule has 17 heavy (non-hydrogen) atoms. The summed E-state index contributed by atoms with van der Waals surface area (Å²) >= 11 is 6.08. The predicted octanol–water partition coefficient (Wildman–Crippen LogP) is 1.94. The first-order valence-corrected chi connectivity index (χ1v) is 5.75. The van der Waals surface area contributed by atoms with Gasteiger partial charge in [-0.1, -0.05) is 11.6 Å².